The average molecular weight is 212 g/mol. The molecule has 1 N–H and O–H groups in total. The van der Waals surface area contributed by atoms with E-state index in [1.807, 2.05) is 0 Å². The standard InChI is InChI=1S/C6H4Cl3NO/c7-4-1-10-6(9)5(8)3(4)2-11/h1,11H,2H2. The molecule has 0 aliphatic carbocycles. The van der Waals surface area contributed by atoms with Gasteiger partial charge < -0.3 is 5.11 Å². The van der Waals surface area contributed by atoms with Gasteiger partial charge in [0.05, 0.1) is 16.7 Å². The van der Waals surface area contributed by atoms with Gasteiger partial charge in [-0.2, -0.15) is 0 Å². The zero-order valence-electron chi connectivity index (χ0n) is 5.31. The summed E-state index contributed by atoms with van der Waals surface area (Å²) in [5.41, 5.74) is 0.410. The predicted molar refractivity (Wildman–Crippen MR) is 45.2 cm³/mol. The van der Waals surface area contributed by atoms with Crippen molar-refractivity contribution in [2.24, 2.45) is 0 Å². The summed E-state index contributed by atoms with van der Waals surface area (Å²) in [5.74, 6) is 0. The van der Waals surface area contributed by atoms with Crippen LogP contribution in [0.15, 0.2) is 6.20 Å². The number of aromatic nitrogens is 1. The number of aliphatic hydroxyl groups excluding tert-OH is 1. The molecule has 0 saturated heterocycles. The lowest BCUT2D eigenvalue weighted by molar-refractivity contribution is 0.282. The Morgan fingerprint density at radius 2 is 2.00 bits per heavy atom. The van der Waals surface area contributed by atoms with Gasteiger partial charge in [-0.25, -0.2) is 4.98 Å². The lowest BCUT2D eigenvalue weighted by Crippen LogP contribution is -1.89. The highest BCUT2D eigenvalue weighted by atomic mass is 35.5. The molecule has 0 fully saturated rings. The van der Waals surface area contributed by atoms with Crippen molar-refractivity contribution in [1.82, 2.24) is 4.98 Å². The number of hydrogen-bond acceptors (Lipinski definition) is 2. The second kappa shape index (κ2) is 3.59. The summed E-state index contributed by atoms with van der Waals surface area (Å²) in [6.45, 7) is -0.236. The molecule has 0 saturated carbocycles. The van der Waals surface area contributed by atoms with Gasteiger partial charge in [0.15, 0.2) is 0 Å². The Morgan fingerprint density at radius 3 is 2.45 bits per heavy atom. The van der Waals surface area contributed by atoms with Gasteiger partial charge in [0, 0.05) is 11.8 Å². The van der Waals surface area contributed by atoms with Gasteiger partial charge in [-0.3, -0.25) is 0 Å². The van der Waals surface area contributed by atoms with E-state index in [0.29, 0.717) is 10.6 Å². The SMILES string of the molecule is OCc1c(Cl)cnc(Cl)c1Cl. The van der Waals surface area contributed by atoms with E-state index >= 15 is 0 Å². The van der Waals surface area contributed by atoms with Crippen LogP contribution < -0.4 is 0 Å². The number of aliphatic hydroxyl groups is 1. The second-order valence-corrected chi connectivity index (χ2v) is 2.99. The molecule has 11 heavy (non-hydrogen) atoms. The highest BCUT2D eigenvalue weighted by molar-refractivity contribution is 6.43. The molecule has 0 aliphatic rings. The molecule has 1 heterocycles. The van der Waals surface area contributed by atoms with Crippen molar-refractivity contribution in [3.63, 3.8) is 0 Å². The van der Waals surface area contributed by atoms with Gasteiger partial charge in [-0.05, 0) is 0 Å². The molecule has 2 nitrogen and oxygen atoms in total. The van der Waals surface area contributed by atoms with Crippen LogP contribution in [0.2, 0.25) is 15.2 Å². The molecule has 5 heteroatoms. The van der Waals surface area contributed by atoms with Gasteiger partial charge in [-0.1, -0.05) is 34.8 Å². The summed E-state index contributed by atoms with van der Waals surface area (Å²) in [7, 11) is 0. The lowest BCUT2D eigenvalue weighted by Gasteiger charge is -2.02. The van der Waals surface area contributed by atoms with E-state index in [4.69, 9.17) is 39.9 Å². The number of rotatable bonds is 1. The van der Waals surface area contributed by atoms with E-state index in [2.05, 4.69) is 4.98 Å². The summed E-state index contributed by atoms with van der Waals surface area (Å²) < 4.78 is 0. The summed E-state index contributed by atoms with van der Waals surface area (Å²) in [6.07, 6.45) is 1.35. The normalized spacial score (nSPS) is 10.2. The van der Waals surface area contributed by atoms with E-state index < -0.39 is 0 Å². The molecule has 0 aromatic carbocycles. The van der Waals surface area contributed by atoms with Crippen molar-refractivity contribution in [3.05, 3.63) is 27.0 Å². The van der Waals surface area contributed by atoms with Gasteiger partial charge in [0.1, 0.15) is 5.15 Å². The Kier molecular flexibility index (Phi) is 2.96. The molecule has 0 aliphatic heterocycles. The van der Waals surface area contributed by atoms with E-state index in [1.165, 1.54) is 6.20 Å². The summed E-state index contributed by atoms with van der Waals surface area (Å²) in [6, 6.07) is 0. The van der Waals surface area contributed by atoms with E-state index in [0.717, 1.165) is 0 Å². The molecular formula is C6H4Cl3NO. The van der Waals surface area contributed by atoms with E-state index in [1.54, 1.807) is 0 Å². The zero-order valence-corrected chi connectivity index (χ0v) is 7.58. The summed E-state index contributed by atoms with van der Waals surface area (Å²) in [4.78, 5) is 3.68. The maximum Gasteiger partial charge on any atom is 0.148 e. The molecule has 1 rings (SSSR count). The third-order valence-corrected chi connectivity index (χ3v) is 2.30. The highest BCUT2D eigenvalue weighted by Crippen LogP contribution is 2.28. The van der Waals surface area contributed by atoms with Gasteiger partial charge >= 0.3 is 0 Å². The number of halogens is 3. The number of nitrogens with zero attached hydrogens (tertiary/aromatic N) is 1. The third kappa shape index (κ3) is 1.76. The van der Waals surface area contributed by atoms with Gasteiger partial charge in [-0.15, -0.1) is 0 Å². The van der Waals surface area contributed by atoms with Crippen molar-refractivity contribution < 1.29 is 5.11 Å². The fourth-order valence-electron chi connectivity index (χ4n) is 0.622. The molecular weight excluding hydrogens is 208 g/mol. The Balaban J connectivity index is 3.29. The van der Waals surface area contributed by atoms with Crippen LogP contribution in [-0.2, 0) is 6.61 Å². The second-order valence-electron chi connectivity index (χ2n) is 1.85. The van der Waals surface area contributed by atoms with E-state index in [9.17, 15) is 0 Å². The quantitative estimate of drug-likeness (QED) is 0.726. The Bertz CT molecular complexity index is 277. The minimum atomic E-state index is -0.236. The fourth-order valence-corrected chi connectivity index (χ4v) is 1.25. The van der Waals surface area contributed by atoms with Crippen molar-refractivity contribution in [2.45, 2.75) is 6.61 Å². The van der Waals surface area contributed by atoms with Crippen molar-refractivity contribution in [1.29, 1.82) is 0 Å². The lowest BCUT2D eigenvalue weighted by atomic mass is 10.3. The third-order valence-electron chi connectivity index (χ3n) is 1.18. The van der Waals surface area contributed by atoms with Crippen molar-refractivity contribution in [2.75, 3.05) is 0 Å². The van der Waals surface area contributed by atoms with Crippen LogP contribution in [0.5, 0.6) is 0 Å². The summed E-state index contributed by atoms with van der Waals surface area (Å²) >= 11 is 16.8. The molecule has 1 aromatic rings. The average Bonchev–Trinajstić information content (AvgIpc) is 1.99. The topological polar surface area (TPSA) is 33.1 Å². The fraction of sp³-hybridized carbons (Fsp3) is 0.167. The van der Waals surface area contributed by atoms with Crippen molar-refractivity contribution >= 4 is 34.8 Å². The number of pyridine rings is 1. The largest absolute Gasteiger partial charge is 0.392 e. The molecule has 60 valence electrons. The summed E-state index contributed by atoms with van der Waals surface area (Å²) in [5, 5.41) is 9.45. The van der Waals surface area contributed by atoms with Crippen LogP contribution >= 0.6 is 34.8 Å². The Morgan fingerprint density at radius 1 is 1.36 bits per heavy atom. The molecule has 0 radical (unpaired) electrons. The molecule has 0 amide bonds. The molecule has 0 unspecified atom stereocenters. The minimum absolute atomic E-state index is 0.153. The first-order valence-corrected chi connectivity index (χ1v) is 3.89. The zero-order chi connectivity index (χ0) is 8.43. The number of hydrogen-bond donors (Lipinski definition) is 1. The maximum atomic E-state index is 8.77. The molecule has 0 bridgehead atoms. The van der Waals surface area contributed by atoms with E-state index in [-0.39, 0.29) is 16.8 Å². The first-order valence-electron chi connectivity index (χ1n) is 2.76. The Hall–Kier alpha value is -0.0200. The molecule has 0 spiro atoms. The predicted octanol–water partition coefficient (Wildman–Crippen LogP) is 2.53. The van der Waals surface area contributed by atoms with Crippen LogP contribution in [0, 0.1) is 0 Å². The van der Waals surface area contributed by atoms with Crippen molar-refractivity contribution in [3.8, 4) is 0 Å². The van der Waals surface area contributed by atoms with Crippen LogP contribution in [0.3, 0.4) is 0 Å². The van der Waals surface area contributed by atoms with Crippen LogP contribution in [0.25, 0.3) is 0 Å². The van der Waals surface area contributed by atoms with Crippen LogP contribution in [0.4, 0.5) is 0 Å². The van der Waals surface area contributed by atoms with Crippen LogP contribution in [0.1, 0.15) is 5.56 Å². The highest BCUT2D eigenvalue weighted by Gasteiger charge is 2.08. The minimum Gasteiger partial charge on any atom is -0.392 e. The van der Waals surface area contributed by atoms with Crippen LogP contribution in [-0.4, -0.2) is 10.1 Å². The maximum absolute atomic E-state index is 8.77. The van der Waals surface area contributed by atoms with Gasteiger partial charge in [0.2, 0.25) is 0 Å². The molecule has 1 aromatic heterocycles. The Labute approximate surface area is 78.7 Å². The smallest absolute Gasteiger partial charge is 0.148 e. The molecule has 0 atom stereocenters. The van der Waals surface area contributed by atoms with Gasteiger partial charge in [0.25, 0.3) is 0 Å². The first kappa shape index (κ1) is 9.07. The first-order chi connectivity index (χ1) is 5.16. The monoisotopic (exact) mass is 211 g/mol.